The molecule has 1 aliphatic rings. The topological polar surface area (TPSA) is 98.2 Å². The molecule has 1 unspecified atom stereocenters. The molecule has 1 aliphatic heterocycles. The Hall–Kier alpha value is -0.700. The molecule has 1 fully saturated rings. The first-order valence-corrected chi connectivity index (χ1v) is 7.11. The lowest BCUT2D eigenvalue weighted by atomic mass is 10.1. The Kier molecular flexibility index (Phi) is 4.13. The van der Waals surface area contributed by atoms with E-state index in [-0.39, 0.29) is 6.54 Å². The van der Waals surface area contributed by atoms with E-state index in [4.69, 9.17) is 5.11 Å². The highest BCUT2D eigenvalue weighted by molar-refractivity contribution is 7.88. The van der Waals surface area contributed by atoms with Gasteiger partial charge < -0.3 is 10.2 Å². The highest BCUT2D eigenvalue weighted by atomic mass is 32.2. The van der Waals surface area contributed by atoms with Gasteiger partial charge in [0.2, 0.25) is 10.0 Å². The van der Waals surface area contributed by atoms with E-state index >= 15 is 0 Å². The summed E-state index contributed by atoms with van der Waals surface area (Å²) in [5.41, 5.74) is -1.80. The summed E-state index contributed by atoms with van der Waals surface area (Å²) in [5.74, 6) is -1.27. The first-order valence-electron chi connectivity index (χ1n) is 5.26. The standard InChI is InChI=1S/C9H18N2O5S/c1-9(14,8(12)13)7-10-3-5-11(6-4-10)17(2,15)16/h14H,3-7H2,1-2H3,(H,12,13). The molecular weight excluding hydrogens is 248 g/mol. The molecule has 1 atom stereocenters. The molecule has 0 aromatic heterocycles. The maximum absolute atomic E-state index is 11.3. The van der Waals surface area contributed by atoms with Gasteiger partial charge >= 0.3 is 5.97 Å². The van der Waals surface area contributed by atoms with Gasteiger partial charge in [-0.2, -0.15) is 4.31 Å². The molecule has 0 bridgehead atoms. The molecule has 8 heteroatoms. The Morgan fingerprint density at radius 3 is 2.12 bits per heavy atom. The van der Waals surface area contributed by atoms with Crippen molar-refractivity contribution in [1.29, 1.82) is 0 Å². The maximum atomic E-state index is 11.3. The molecule has 100 valence electrons. The van der Waals surface area contributed by atoms with Gasteiger partial charge in [-0.1, -0.05) is 0 Å². The van der Waals surface area contributed by atoms with Gasteiger partial charge in [0.1, 0.15) is 0 Å². The quantitative estimate of drug-likeness (QED) is 0.636. The van der Waals surface area contributed by atoms with Gasteiger partial charge in [-0.05, 0) is 6.92 Å². The smallest absolute Gasteiger partial charge is 0.336 e. The van der Waals surface area contributed by atoms with Crippen LogP contribution in [0.2, 0.25) is 0 Å². The van der Waals surface area contributed by atoms with Crippen molar-refractivity contribution >= 4 is 16.0 Å². The number of β-amino-alcohol motifs (C(OH)–C–C–N with tert-alkyl or cyclic N) is 1. The number of carbonyl (C=O) groups is 1. The number of aliphatic hydroxyl groups is 1. The second-order valence-electron chi connectivity index (χ2n) is 4.52. The summed E-state index contributed by atoms with van der Waals surface area (Å²) < 4.78 is 23.8. The second-order valence-corrected chi connectivity index (χ2v) is 6.50. The van der Waals surface area contributed by atoms with Crippen LogP contribution in [0.25, 0.3) is 0 Å². The Balaban J connectivity index is 2.51. The molecule has 1 saturated heterocycles. The molecule has 1 rings (SSSR count). The lowest BCUT2D eigenvalue weighted by molar-refractivity contribution is -0.158. The zero-order valence-electron chi connectivity index (χ0n) is 9.96. The first-order chi connectivity index (χ1) is 7.63. The number of hydrogen-bond donors (Lipinski definition) is 2. The first kappa shape index (κ1) is 14.4. The Morgan fingerprint density at radius 2 is 1.76 bits per heavy atom. The van der Waals surface area contributed by atoms with Crippen LogP contribution in [0.4, 0.5) is 0 Å². The van der Waals surface area contributed by atoms with E-state index < -0.39 is 21.6 Å². The summed E-state index contributed by atoms with van der Waals surface area (Å²) >= 11 is 0. The minimum atomic E-state index is -3.18. The fourth-order valence-corrected chi connectivity index (χ4v) is 2.55. The molecule has 0 aromatic rings. The van der Waals surface area contributed by atoms with Crippen molar-refractivity contribution in [2.75, 3.05) is 39.0 Å². The highest BCUT2D eigenvalue weighted by Gasteiger charge is 2.34. The second kappa shape index (κ2) is 4.89. The molecule has 0 saturated carbocycles. The SMILES string of the molecule is CC(O)(CN1CCN(S(C)(=O)=O)CC1)C(=O)O. The average molecular weight is 266 g/mol. The number of nitrogens with zero attached hydrogens (tertiary/aromatic N) is 2. The van der Waals surface area contributed by atoms with Crippen LogP contribution in [0.3, 0.4) is 0 Å². The minimum absolute atomic E-state index is 0.0000642. The summed E-state index contributed by atoms with van der Waals surface area (Å²) in [6.07, 6.45) is 1.15. The third-order valence-corrected chi connectivity index (χ3v) is 4.10. The Morgan fingerprint density at radius 1 is 1.29 bits per heavy atom. The average Bonchev–Trinajstić information content (AvgIpc) is 2.16. The van der Waals surface area contributed by atoms with Crippen molar-refractivity contribution < 1.29 is 23.4 Å². The van der Waals surface area contributed by atoms with E-state index in [0.29, 0.717) is 26.2 Å². The molecule has 2 N–H and O–H groups in total. The van der Waals surface area contributed by atoms with Crippen LogP contribution >= 0.6 is 0 Å². The van der Waals surface area contributed by atoms with Gasteiger partial charge in [0, 0.05) is 32.7 Å². The molecule has 0 aliphatic carbocycles. The van der Waals surface area contributed by atoms with Crippen LogP contribution in [0, 0.1) is 0 Å². The van der Waals surface area contributed by atoms with Crippen molar-refractivity contribution in [2.24, 2.45) is 0 Å². The van der Waals surface area contributed by atoms with Crippen molar-refractivity contribution in [3.8, 4) is 0 Å². The van der Waals surface area contributed by atoms with E-state index in [1.54, 1.807) is 4.90 Å². The van der Waals surface area contributed by atoms with E-state index in [9.17, 15) is 18.3 Å². The fraction of sp³-hybridized carbons (Fsp3) is 0.889. The number of hydrogen-bond acceptors (Lipinski definition) is 5. The summed E-state index contributed by atoms with van der Waals surface area (Å²) in [4.78, 5) is 12.5. The largest absolute Gasteiger partial charge is 0.479 e. The summed E-state index contributed by atoms with van der Waals surface area (Å²) in [6.45, 7) is 2.74. The molecule has 7 nitrogen and oxygen atoms in total. The van der Waals surface area contributed by atoms with E-state index in [2.05, 4.69) is 0 Å². The van der Waals surface area contributed by atoms with Gasteiger partial charge in [-0.25, -0.2) is 13.2 Å². The number of carboxylic acids is 1. The zero-order chi connectivity index (χ0) is 13.3. The lowest BCUT2D eigenvalue weighted by Gasteiger charge is -2.35. The summed E-state index contributed by atoms with van der Waals surface area (Å²) in [7, 11) is -3.18. The number of carboxylic acid groups (broad SMARTS) is 1. The lowest BCUT2D eigenvalue weighted by Crippen LogP contribution is -2.54. The van der Waals surface area contributed by atoms with E-state index in [1.165, 1.54) is 11.2 Å². The zero-order valence-corrected chi connectivity index (χ0v) is 10.8. The van der Waals surface area contributed by atoms with Gasteiger partial charge in [0.15, 0.2) is 5.60 Å². The fourth-order valence-electron chi connectivity index (χ4n) is 1.72. The molecule has 0 radical (unpaired) electrons. The monoisotopic (exact) mass is 266 g/mol. The molecular formula is C9H18N2O5S. The van der Waals surface area contributed by atoms with Crippen molar-refractivity contribution in [3.05, 3.63) is 0 Å². The van der Waals surface area contributed by atoms with Crippen molar-refractivity contribution in [2.45, 2.75) is 12.5 Å². The number of sulfonamides is 1. The number of aliphatic carboxylic acids is 1. The summed E-state index contributed by atoms with van der Waals surface area (Å²) in [6, 6.07) is 0. The molecule has 0 amide bonds. The van der Waals surface area contributed by atoms with E-state index in [1.807, 2.05) is 0 Å². The molecule has 0 aromatic carbocycles. The van der Waals surface area contributed by atoms with Crippen LogP contribution in [-0.2, 0) is 14.8 Å². The Bertz CT molecular complexity index is 384. The van der Waals surface area contributed by atoms with Gasteiger partial charge in [-0.3, -0.25) is 4.90 Å². The van der Waals surface area contributed by atoms with Crippen LogP contribution in [-0.4, -0.2) is 78.4 Å². The predicted molar refractivity (Wildman–Crippen MR) is 61.1 cm³/mol. The van der Waals surface area contributed by atoms with Crippen LogP contribution < -0.4 is 0 Å². The number of piperazine rings is 1. The van der Waals surface area contributed by atoms with Crippen LogP contribution in [0.5, 0.6) is 0 Å². The molecule has 1 heterocycles. The number of rotatable bonds is 4. The normalized spacial score (nSPS) is 23.2. The molecule has 17 heavy (non-hydrogen) atoms. The third kappa shape index (κ3) is 3.91. The third-order valence-electron chi connectivity index (χ3n) is 2.79. The van der Waals surface area contributed by atoms with Crippen LogP contribution in [0.1, 0.15) is 6.92 Å². The minimum Gasteiger partial charge on any atom is -0.479 e. The van der Waals surface area contributed by atoms with Crippen molar-refractivity contribution in [1.82, 2.24) is 9.21 Å². The predicted octanol–water partition coefficient (Wildman–Crippen LogP) is -1.60. The van der Waals surface area contributed by atoms with Crippen LogP contribution in [0.15, 0.2) is 0 Å². The van der Waals surface area contributed by atoms with Gasteiger partial charge in [0.05, 0.1) is 6.26 Å². The Labute approximate surface area is 101 Å². The highest BCUT2D eigenvalue weighted by Crippen LogP contribution is 2.11. The van der Waals surface area contributed by atoms with E-state index in [0.717, 1.165) is 6.26 Å². The van der Waals surface area contributed by atoms with Crippen molar-refractivity contribution in [3.63, 3.8) is 0 Å². The van der Waals surface area contributed by atoms with Gasteiger partial charge in [-0.15, -0.1) is 0 Å². The van der Waals surface area contributed by atoms with Gasteiger partial charge in [0.25, 0.3) is 0 Å². The summed E-state index contributed by atoms with van der Waals surface area (Å²) in [5, 5.41) is 18.4. The maximum Gasteiger partial charge on any atom is 0.336 e. The molecule has 0 spiro atoms.